The quantitative estimate of drug-likeness (QED) is 0.844. The van der Waals surface area contributed by atoms with Crippen LogP contribution in [0.25, 0.3) is 0 Å². The molecule has 0 fully saturated rings. The number of rotatable bonds is 5. The largest absolute Gasteiger partial charge is 0.325 e. The minimum Gasteiger partial charge on any atom is -0.325 e. The van der Waals surface area contributed by atoms with Gasteiger partial charge in [-0.1, -0.05) is 23.4 Å². The summed E-state index contributed by atoms with van der Waals surface area (Å²) in [5.41, 5.74) is 0.437. The number of benzene rings is 1. The molecule has 0 radical (unpaired) electrons. The van der Waals surface area contributed by atoms with Gasteiger partial charge in [0.1, 0.15) is 5.82 Å². The van der Waals surface area contributed by atoms with E-state index < -0.39 is 11.1 Å². The summed E-state index contributed by atoms with van der Waals surface area (Å²) in [6, 6.07) is 4.12. The topological polar surface area (TPSA) is 72.7 Å². The third kappa shape index (κ3) is 3.95. The molecule has 0 aliphatic heterocycles. The Bertz CT molecular complexity index is 678. The summed E-state index contributed by atoms with van der Waals surface area (Å²) in [5.74, 6) is -0.774. The van der Waals surface area contributed by atoms with Gasteiger partial charge < -0.3 is 5.32 Å². The Balaban J connectivity index is 2.02. The number of carbonyl (C=O) groups excluding carboxylic acids is 1. The molecule has 0 aliphatic carbocycles. The Kier molecular flexibility index (Phi) is 5.36. The summed E-state index contributed by atoms with van der Waals surface area (Å²) >= 11 is 6.93. The second kappa shape index (κ2) is 7.06. The number of anilines is 1. The van der Waals surface area contributed by atoms with Gasteiger partial charge in [-0.25, -0.2) is 9.07 Å². The Labute approximate surface area is 136 Å². The van der Waals surface area contributed by atoms with Crippen molar-refractivity contribution in [2.24, 2.45) is 0 Å². The summed E-state index contributed by atoms with van der Waals surface area (Å²) in [6.45, 7) is 5.64. The van der Waals surface area contributed by atoms with Crippen LogP contribution in [0.5, 0.6) is 0 Å². The molecule has 0 saturated heterocycles. The normalized spacial score (nSPS) is 12.5. The van der Waals surface area contributed by atoms with Gasteiger partial charge in [0.15, 0.2) is 0 Å². The molecule has 2 aromatic rings. The summed E-state index contributed by atoms with van der Waals surface area (Å²) in [4.78, 5) is 12.2. The molecular weight excluding hydrogens is 329 g/mol. The van der Waals surface area contributed by atoms with Crippen molar-refractivity contribution in [3.63, 3.8) is 0 Å². The lowest BCUT2D eigenvalue weighted by Crippen LogP contribution is -2.23. The van der Waals surface area contributed by atoms with E-state index in [0.29, 0.717) is 10.8 Å². The van der Waals surface area contributed by atoms with E-state index in [-0.39, 0.29) is 17.0 Å². The maximum absolute atomic E-state index is 13.1. The molecule has 1 heterocycles. The van der Waals surface area contributed by atoms with Crippen molar-refractivity contribution < 1.29 is 9.18 Å². The molecule has 1 N–H and O–H groups in total. The Hall–Kier alpha value is -1.67. The molecule has 0 bridgehead atoms. The molecule has 0 saturated carbocycles. The monoisotopic (exact) mass is 343 g/mol. The minimum atomic E-state index is -0.529. The van der Waals surface area contributed by atoms with E-state index in [1.54, 1.807) is 11.6 Å². The standard InChI is InChI=1S/C13H15ClFN5OS/c1-7(2)20-13(17-18-19-20)22-8(3)12(21)16-9-4-5-11(15)10(14)6-9/h4-8H,1-3H3,(H,16,21)/t8-/m1/s1. The average Bonchev–Trinajstić information content (AvgIpc) is 2.91. The van der Waals surface area contributed by atoms with Crippen LogP contribution in [0.15, 0.2) is 23.4 Å². The molecule has 0 unspecified atom stereocenters. The van der Waals surface area contributed by atoms with E-state index in [9.17, 15) is 9.18 Å². The van der Waals surface area contributed by atoms with E-state index in [0.717, 1.165) is 0 Å². The third-order valence-corrected chi connectivity index (χ3v) is 4.13. The SMILES string of the molecule is CC(C)n1nnnc1S[C@H](C)C(=O)Nc1ccc(F)c(Cl)c1. The first-order chi connectivity index (χ1) is 10.4. The second-order valence-electron chi connectivity index (χ2n) is 4.88. The second-order valence-corrected chi connectivity index (χ2v) is 6.59. The van der Waals surface area contributed by atoms with Crippen LogP contribution in [0.2, 0.25) is 5.02 Å². The summed E-state index contributed by atoms with van der Waals surface area (Å²) in [6.07, 6.45) is 0. The number of thioether (sulfide) groups is 1. The molecule has 1 aromatic heterocycles. The molecule has 1 amide bonds. The van der Waals surface area contributed by atoms with Crippen LogP contribution < -0.4 is 5.32 Å². The Morgan fingerprint density at radius 1 is 1.41 bits per heavy atom. The number of halogens is 2. The predicted molar refractivity (Wildman–Crippen MR) is 83.6 cm³/mol. The molecule has 2 rings (SSSR count). The fourth-order valence-corrected chi connectivity index (χ4v) is 2.72. The molecule has 118 valence electrons. The molecule has 6 nitrogen and oxygen atoms in total. The van der Waals surface area contributed by atoms with Gasteiger partial charge in [0, 0.05) is 5.69 Å². The third-order valence-electron chi connectivity index (χ3n) is 2.79. The number of aromatic nitrogens is 4. The van der Waals surface area contributed by atoms with Gasteiger partial charge in [-0.05, 0) is 49.4 Å². The summed E-state index contributed by atoms with van der Waals surface area (Å²) < 4.78 is 14.7. The van der Waals surface area contributed by atoms with Gasteiger partial charge >= 0.3 is 0 Å². The molecule has 9 heteroatoms. The zero-order valence-corrected chi connectivity index (χ0v) is 13.8. The number of hydrogen-bond acceptors (Lipinski definition) is 5. The molecule has 1 aromatic carbocycles. The van der Waals surface area contributed by atoms with E-state index in [2.05, 4.69) is 20.8 Å². The van der Waals surface area contributed by atoms with Gasteiger partial charge in [0.25, 0.3) is 0 Å². The van der Waals surface area contributed by atoms with E-state index >= 15 is 0 Å². The van der Waals surface area contributed by atoms with Crippen LogP contribution in [0.1, 0.15) is 26.8 Å². The molecular formula is C13H15ClFN5OS. The highest BCUT2D eigenvalue weighted by molar-refractivity contribution is 8.00. The van der Waals surface area contributed by atoms with Gasteiger partial charge in [-0.15, -0.1) is 5.10 Å². The Morgan fingerprint density at radius 3 is 2.77 bits per heavy atom. The van der Waals surface area contributed by atoms with Crippen LogP contribution in [0, 0.1) is 5.82 Å². The Morgan fingerprint density at radius 2 is 2.14 bits per heavy atom. The zero-order valence-electron chi connectivity index (χ0n) is 12.2. The fraction of sp³-hybridized carbons (Fsp3) is 0.385. The molecule has 1 atom stereocenters. The first-order valence-electron chi connectivity index (χ1n) is 6.59. The van der Waals surface area contributed by atoms with Crippen LogP contribution in [0.4, 0.5) is 10.1 Å². The van der Waals surface area contributed by atoms with E-state index in [1.807, 2.05) is 13.8 Å². The minimum absolute atomic E-state index is 0.0399. The van der Waals surface area contributed by atoms with Gasteiger partial charge in [-0.2, -0.15) is 0 Å². The highest BCUT2D eigenvalue weighted by Gasteiger charge is 2.19. The van der Waals surface area contributed by atoms with Crippen molar-refractivity contribution >= 4 is 35.0 Å². The number of carbonyl (C=O) groups is 1. The lowest BCUT2D eigenvalue weighted by atomic mass is 10.3. The van der Waals surface area contributed by atoms with E-state index in [1.165, 1.54) is 30.0 Å². The van der Waals surface area contributed by atoms with Crippen molar-refractivity contribution in [3.8, 4) is 0 Å². The van der Waals surface area contributed by atoms with Crippen LogP contribution >= 0.6 is 23.4 Å². The summed E-state index contributed by atoms with van der Waals surface area (Å²) in [7, 11) is 0. The highest BCUT2D eigenvalue weighted by Crippen LogP contribution is 2.24. The van der Waals surface area contributed by atoms with Crippen LogP contribution in [-0.4, -0.2) is 31.4 Å². The van der Waals surface area contributed by atoms with Gasteiger partial charge in [0.2, 0.25) is 11.1 Å². The van der Waals surface area contributed by atoms with Crippen LogP contribution in [0.3, 0.4) is 0 Å². The first-order valence-corrected chi connectivity index (χ1v) is 7.84. The molecule has 22 heavy (non-hydrogen) atoms. The maximum Gasteiger partial charge on any atom is 0.237 e. The number of amides is 1. The first kappa shape index (κ1) is 16.7. The van der Waals surface area contributed by atoms with Gasteiger partial charge in [0.05, 0.1) is 16.3 Å². The fourth-order valence-electron chi connectivity index (χ4n) is 1.62. The number of nitrogens with one attached hydrogen (secondary N) is 1. The summed E-state index contributed by atoms with van der Waals surface area (Å²) in [5, 5.41) is 14.2. The lowest BCUT2D eigenvalue weighted by molar-refractivity contribution is -0.115. The van der Waals surface area contributed by atoms with Crippen molar-refractivity contribution in [2.75, 3.05) is 5.32 Å². The van der Waals surface area contributed by atoms with Crippen molar-refractivity contribution in [3.05, 3.63) is 29.0 Å². The lowest BCUT2D eigenvalue weighted by Gasteiger charge is -2.13. The van der Waals surface area contributed by atoms with Gasteiger partial charge in [-0.3, -0.25) is 4.79 Å². The smallest absolute Gasteiger partial charge is 0.237 e. The maximum atomic E-state index is 13.1. The number of tetrazole rings is 1. The average molecular weight is 344 g/mol. The molecule has 0 spiro atoms. The highest BCUT2D eigenvalue weighted by atomic mass is 35.5. The predicted octanol–water partition coefficient (Wildman–Crippen LogP) is 3.17. The molecule has 0 aliphatic rings. The van der Waals surface area contributed by atoms with Crippen LogP contribution in [-0.2, 0) is 4.79 Å². The zero-order chi connectivity index (χ0) is 16.3. The van der Waals surface area contributed by atoms with Crippen molar-refractivity contribution in [1.82, 2.24) is 20.2 Å². The number of hydrogen-bond donors (Lipinski definition) is 1. The number of nitrogens with zero attached hydrogens (tertiary/aromatic N) is 4. The van der Waals surface area contributed by atoms with E-state index in [4.69, 9.17) is 11.6 Å². The van der Waals surface area contributed by atoms with Crippen molar-refractivity contribution in [1.29, 1.82) is 0 Å². The van der Waals surface area contributed by atoms with Crippen molar-refractivity contribution in [2.45, 2.75) is 37.2 Å².